The van der Waals surface area contributed by atoms with Crippen LogP contribution in [0.15, 0.2) is 30.3 Å². The number of benzene rings is 1. The van der Waals surface area contributed by atoms with Crippen LogP contribution >= 0.6 is 0 Å². The number of hydrogen-bond acceptors (Lipinski definition) is 3. The van der Waals surface area contributed by atoms with Crippen LogP contribution in [0.4, 0.5) is 0 Å². The predicted molar refractivity (Wildman–Crippen MR) is 82.0 cm³/mol. The first-order valence-corrected chi connectivity index (χ1v) is 7.76. The molecule has 0 unspecified atom stereocenters. The van der Waals surface area contributed by atoms with Crippen LogP contribution in [0.2, 0.25) is 0 Å². The Kier molecular flexibility index (Phi) is 5.76. The molecule has 0 radical (unpaired) electrons. The quantitative estimate of drug-likeness (QED) is 0.846. The fraction of sp³-hybridized carbons (Fsp3) is 0.588. The summed E-state index contributed by atoms with van der Waals surface area (Å²) in [4.78, 5) is 13.3. The molecule has 4 nitrogen and oxygen atoms in total. The molecule has 1 aromatic carbocycles. The van der Waals surface area contributed by atoms with Gasteiger partial charge in [0, 0.05) is 18.7 Å². The van der Waals surface area contributed by atoms with Gasteiger partial charge in [-0.1, -0.05) is 43.2 Å². The molecule has 0 aromatic heterocycles. The van der Waals surface area contributed by atoms with E-state index in [-0.39, 0.29) is 31.2 Å². The van der Waals surface area contributed by atoms with E-state index in [1.165, 1.54) is 0 Å². The molecule has 0 saturated heterocycles. The Morgan fingerprint density at radius 3 is 2.57 bits per heavy atom. The lowest BCUT2D eigenvalue weighted by Crippen LogP contribution is -2.47. The van der Waals surface area contributed by atoms with Gasteiger partial charge in [0.15, 0.2) is 0 Å². The molecule has 0 spiro atoms. The van der Waals surface area contributed by atoms with Crippen LogP contribution < -0.4 is 0 Å². The summed E-state index contributed by atoms with van der Waals surface area (Å²) in [5.41, 5.74) is 1.13. The van der Waals surface area contributed by atoms with Gasteiger partial charge >= 0.3 is 5.97 Å². The molecule has 2 rings (SSSR count). The van der Waals surface area contributed by atoms with Gasteiger partial charge in [-0.05, 0) is 31.2 Å². The first-order chi connectivity index (χ1) is 10.1. The van der Waals surface area contributed by atoms with Crippen molar-refractivity contribution in [1.82, 2.24) is 4.90 Å². The van der Waals surface area contributed by atoms with E-state index < -0.39 is 5.97 Å². The highest BCUT2D eigenvalue weighted by Crippen LogP contribution is 2.33. The monoisotopic (exact) mass is 291 g/mol. The molecule has 0 bridgehead atoms. The predicted octanol–water partition coefficient (Wildman–Crippen LogP) is 2.69. The van der Waals surface area contributed by atoms with Gasteiger partial charge in [0.1, 0.15) is 0 Å². The van der Waals surface area contributed by atoms with Gasteiger partial charge in [-0.25, -0.2) is 0 Å². The average molecular weight is 291 g/mol. The number of carboxylic acid groups (broad SMARTS) is 1. The summed E-state index contributed by atoms with van der Waals surface area (Å²) in [5, 5.41) is 18.9. The lowest BCUT2D eigenvalue weighted by Gasteiger charge is -2.42. The van der Waals surface area contributed by atoms with Gasteiger partial charge in [0.05, 0.1) is 6.54 Å². The van der Waals surface area contributed by atoms with Crippen molar-refractivity contribution in [3.05, 3.63) is 35.9 Å². The Bertz CT molecular complexity index is 449. The molecule has 1 aliphatic carbocycles. The molecule has 0 heterocycles. The number of carboxylic acids is 1. The summed E-state index contributed by atoms with van der Waals surface area (Å²) < 4.78 is 0. The maximum Gasteiger partial charge on any atom is 0.317 e. The largest absolute Gasteiger partial charge is 0.480 e. The van der Waals surface area contributed by atoms with Crippen molar-refractivity contribution in [2.45, 2.75) is 44.7 Å². The van der Waals surface area contributed by atoms with Gasteiger partial charge in [0.25, 0.3) is 0 Å². The number of aliphatic carboxylic acids is 1. The molecule has 0 amide bonds. The number of aliphatic hydroxyl groups excluding tert-OH is 1. The molecule has 21 heavy (non-hydrogen) atoms. The molecule has 1 saturated carbocycles. The summed E-state index contributed by atoms with van der Waals surface area (Å²) in [6, 6.07) is 10.2. The fourth-order valence-corrected chi connectivity index (χ4v) is 3.46. The van der Waals surface area contributed by atoms with Crippen molar-refractivity contribution in [2.75, 3.05) is 13.2 Å². The first kappa shape index (κ1) is 16.0. The Hall–Kier alpha value is -1.39. The summed E-state index contributed by atoms with van der Waals surface area (Å²) >= 11 is 0. The van der Waals surface area contributed by atoms with Gasteiger partial charge in [-0.15, -0.1) is 0 Å². The Balaban J connectivity index is 2.22. The van der Waals surface area contributed by atoms with E-state index in [1.807, 2.05) is 30.3 Å². The van der Waals surface area contributed by atoms with Crippen LogP contribution in [0.3, 0.4) is 0 Å². The van der Waals surface area contributed by atoms with Crippen molar-refractivity contribution >= 4 is 5.97 Å². The van der Waals surface area contributed by atoms with E-state index in [1.54, 1.807) is 0 Å². The van der Waals surface area contributed by atoms with E-state index in [0.717, 1.165) is 31.2 Å². The standard InChI is InChI=1S/C17H25NO3/c1-13(14-7-3-2-4-8-14)18(11-17(20)21)16-10-6-5-9-15(16)12-19/h2-4,7-8,13,15-16,19H,5-6,9-12H2,1H3,(H,20,21)/t13-,15+,16-/m0/s1. The number of nitrogens with zero attached hydrogens (tertiary/aromatic N) is 1. The zero-order valence-corrected chi connectivity index (χ0v) is 12.6. The highest BCUT2D eigenvalue weighted by Gasteiger charge is 2.33. The lowest BCUT2D eigenvalue weighted by molar-refractivity contribution is -0.140. The Morgan fingerprint density at radius 1 is 1.29 bits per heavy atom. The van der Waals surface area contributed by atoms with E-state index in [0.29, 0.717) is 0 Å². The van der Waals surface area contributed by atoms with Crippen molar-refractivity contribution in [3.8, 4) is 0 Å². The molecule has 2 N–H and O–H groups in total. The van der Waals surface area contributed by atoms with Crippen LogP contribution in [0, 0.1) is 5.92 Å². The second kappa shape index (κ2) is 7.57. The first-order valence-electron chi connectivity index (χ1n) is 7.76. The van der Waals surface area contributed by atoms with E-state index >= 15 is 0 Å². The summed E-state index contributed by atoms with van der Waals surface area (Å²) in [5.74, 6) is -0.621. The SMILES string of the molecule is C[C@@H](c1ccccc1)N(CC(=O)O)[C@H]1CCCC[C@@H]1CO. The molecule has 0 aliphatic heterocycles. The van der Waals surface area contributed by atoms with Crippen molar-refractivity contribution < 1.29 is 15.0 Å². The highest BCUT2D eigenvalue weighted by atomic mass is 16.4. The minimum absolute atomic E-state index is 0.0250. The van der Waals surface area contributed by atoms with Crippen LogP contribution in [0.25, 0.3) is 0 Å². The van der Waals surface area contributed by atoms with Crippen molar-refractivity contribution in [3.63, 3.8) is 0 Å². The van der Waals surface area contributed by atoms with Crippen LogP contribution in [-0.4, -0.2) is 40.3 Å². The average Bonchev–Trinajstić information content (AvgIpc) is 2.52. The molecular formula is C17H25NO3. The van der Waals surface area contributed by atoms with Crippen molar-refractivity contribution in [1.29, 1.82) is 0 Å². The number of hydrogen-bond donors (Lipinski definition) is 2. The van der Waals surface area contributed by atoms with E-state index in [9.17, 15) is 15.0 Å². The molecule has 4 heteroatoms. The maximum absolute atomic E-state index is 11.3. The van der Waals surface area contributed by atoms with Gasteiger partial charge in [0.2, 0.25) is 0 Å². The molecule has 1 aliphatic rings. The Labute approximate surface area is 126 Å². The zero-order chi connectivity index (χ0) is 15.2. The summed E-state index contributed by atoms with van der Waals surface area (Å²) in [7, 11) is 0. The zero-order valence-electron chi connectivity index (χ0n) is 12.6. The van der Waals surface area contributed by atoms with Crippen molar-refractivity contribution in [2.24, 2.45) is 5.92 Å². The van der Waals surface area contributed by atoms with Gasteiger partial charge < -0.3 is 10.2 Å². The van der Waals surface area contributed by atoms with E-state index in [4.69, 9.17) is 0 Å². The fourth-order valence-electron chi connectivity index (χ4n) is 3.46. The normalized spacial score (nSPS) is 24.0. The molecule has 1 aromatic rings. The van der Waals surface area contributed by atoms with Crippen LogP contribution in [0.1, 0.15) is 44.2 Å². The summed E-state index contributed by atoms with van der Waals surface area (Å²) in [6.07, 6.45) is 4.19. The third-order valence-corrected chi connectivity index (χ3v) is 4.63. The lowest BCUT2D eigenvalue weighted by atomic mass is 9.83. The Morgan fingerprint density at radius 2 is 1.95 bits per heavy atom. The maximum atomic E-state index is 11.3. The highest BCUT2D eigenvalue weighted by molar-refractivity contribution is 5.69. The summed E-state index contributed by atoms with van der Waals surface area (Å²) in [6.45, 7) is 2.22. The second-order valence-electron chi connectivity index (χ2n) is 5.95. The number of rotatable bonds is 6. The minimum atomic E-state index is -0.806. The second-order valence-corrected chi connectivity index (χ2v) is 5.95. The minimum Gasteiger partial charge on any atom is -0.480 e. The molecule has 1 fully saturated rings. The van der Waals surface area contributed by atoms with Gasteiger partial charge in [-0.3, -0.25) is 9.69 Å². The molecule has 3 atom stereocenters. The topological polar surface area (TPSA) is 60.8 Å². The van der Waals surface area contributed by atoms with Crippen LogP contribution in [-0.2, 0) is 4.79 Å². The molecular weight excluding hydrogens is 266 g/mol. The van der Waals surface area contributed by atoms with Crippen LogP contribution in [0.5, 0.6) is 0 Å². The van der Waals surface area contributed by atoms with Gasteiger partial charge in [-0.2, -0.15) is 0 Å². The molecule has 116 valence electrons. The number of aliphatic hydroxyl groups is 1. The van der Waals surface area contributed by atoms with E-state index in [2.05, 4.69) is 11.8 Å². The number of carbonyl (C=O) groups is 1. The smallest absolute Gasteiger partial charge is 0.317 e. The third-order valence-electron chi connectivity index (χ3n) is 4.63. The third kappa shape index (κ3) is 4.05.